The van der Waals surface area contributed by atoms with Gasteiger partial charge in [-0.2, -0.15) is 5.10 Å². The topological polar surface area (TPSA) is 183 Å². The second-order valence-electron chi connectivity index (χ2n) is 9.94. The van der Waals surface area contributed by atoms with Crippen LogP contribution in [-0.2, 0) is 16.1 Å². The van der Waals surface area contributed by atoms with E-state index in [0.29, 0.717) is 40.5 Å². The van der Waals surface area contributed by atoms with Crippen LogP contribution in [0, 0.1) is 10.1 Å². The van der Waals surface area contributed by atoms with Crippen LogP contribution in [0.25, 0.3) is 0 Å². The number of halogens is 2. The normalized spacial score (nSPS) is 15.0. The molecule has 2 atom stereocenters. The lowest BCUT2D eigenvalue weighted by Gasteiger charge is -2.28. The van der Waals surface area contributed by atoms with E-state index < -0.39 is 29.2 Å². The zero-order valence-corrected chi connectivity index (χ0v) is 26.9. The molecule has 0 aliphatic carbocycles. The van der Waals surface area contributed by atoms with E-state index in [-0.39, 0.29) is 40.3 Å². The average Bonchev–Trinajstić information content (AvgIpc) is 3.03. The number of methoxy groups -OCH3 is 1. The largest absolute Gasteiger partial charge is 0.490 e. The standard InChI is InChI=1S/C31H31Cl2N5O9/c1-4-45-25-13-20(28-27(30(40)44-3)17(2)35-31(41)36-28)7-10-24(25)46-16-26(39)37-34-14-19-11-22(32)29(23(33)12-19)47-15-18-5-8-21(9-6-18)38(42)43/h5-14,26,28,37,39H,4,15-16H2,1-3H3,(H2,35,36,41)/b34-14-/t26-,28-/m0/s1. The molecule has 0 unspecified atom stereocenters. The first-order chi connectivity index (χ1) is 22.5. The molecule has 0 bridgehead atoms. The molecule has 0 aromatic heterocycles. The number of non-ortho nitro benzene ring substituents is 1. The van der Waals surface area contributed by atoms with Crippen molar-refractivity contribution in [3.8, 4) is 17.2 Å². The summed E-state index contributed by atoms with van der Waals surface area (Å²) >= 11 is 12.7. The molecule has 16 heteroatoms. The van der Waals surface area contributed by atoms with Gasteiger partial charge in [-0.3, -0.25) is 15.5 Å². The Morgan fingerprint density at radius 1 is 1.11 bits per heavy atom. The van der Waals surface area contributed by atoms with Crippen LogP contribution in [0.3, 0.4) is 0 Å². The number of allylic oxidation sites excluding steroid dienone is 1. The maximum atomic E-state index is 12.4. The first kappa shape index (κ1) is 34.8. The fraction of sp³-hybridized carbons (Fsp3) is 0.258. The number of urea groups is 1. The molecule has 3 aromatic carbocycles. The SMILES string of the molecule is CCOc1cc([C@@H]2NC(=O)NC(C)=C2C(=O)OC)ccc1OC[C@H](O)N/N=C\c1cc(Cl)c(OCc2ccc([N+](=O)[O-])cc2)c(Cl)c1. The van der Waals surface area contributed by atoms with E-state index in [0.717, 1.165) is 0 Å². The summed E-state index contributed by atoms with van der Waals surface area (Å²) in [5.74, 6) is 0.275. The second kappa shape index (κ2) is 16.0. The maximum Gasteiger partial charge on any atom is 0.337 e. The Bertz CT molecular complexity index is 1680. The van der Waals surface area contributed by atoms with E-state index in [1.165, 1.54) is 25.5 Å². The zero-order chi connectivity index (χ0) is 34.1. The van der Waals surface area contributed by atoms with Gasteiger partial charge in [0.2, 0.25) is 0 Å². The summed E-state index contributed by atoms with van der Waals surface area (Å²) < 4.78 is 22.1. The average molecular weight is 689 g/mol. The molecule has 3 aromatic rings. The van der Waals surface area contributed by atoms with Crippen LogP contribution in [0.1, 0.15) is 36.6 Å². The molecule has 0 fully saturated rings. The van der Waals surface area contributed by atoms with Crippen molar-refractivity contribution in [2.45, 2.75) is 32.7 Å². The van der Waals surface area contributed by atoms with Gasteiger partial charge in [0.1, 0.15) is 13.2 Å². The molecule has 1 aliphatic heterocycles. The van der Waals surface area contributed by atoms with E-state index in [1.54, 1.807) is 56.3 Å². The van der Waals surface area contributed by atoms with Gasteiger partial charge in [-0.05, 0) is 66.9 Å². The van der Waals surface area contributed by atoms with Crippen molar-refractivity contribution in [2.24, 2.45) is 5.10 Å². The van der Waals surface area contributed by atoms with Crippen LogP contribution in [0.5, 0.6) is 17.2 Å². The number of carbonyl (C=O) groups is 2. The summed E-state index contributed by atoms with van der Waals surface area (Å²) in [6.45, 7) is 3.56. The summed E-state index contributed by atoms with van der Waals surface area (Å²) in [4.78, 5) is 34.9. The number of ether oxygens (including phenoxy) is 4. The zero-order valence-electron chi connectivity index (χ0n) is 25.4. The van der Waals surface area contributed by atoms with E-state index in [1.807, 2.05) is 0 Å². The second-order valence-corrected chi connectivity index (χ2v) is 10.8. The van der Waals surface area contributed by atoms with Crippen LogP contribution >= 0.6 is 23.2 Å². The Kier molecular flexibility index (Phi) is 11.8. The van der Waals surface area contributed by atoms with Crippen molar-refractivity contribution in [1.82, 2.24) is 16.1 Å². The Morgan fingerprint density at radius 2 is 1.81 bits per heavy atom. The van der Waals surface area contributed by atoms with Gasteiger partial charge in [0.25, 0.3) is 5.69 Å². The number of hydrogen-bond acceptors (Lipinski definition) is 11. The Labute approximate surface area is 279 Å². The van der Waals surface area contributed by atoms with E-state index in [9.17, 15) is 24.8 Å². The summed E-state index contributed by atoms with van der Waals surface area (Å²) in [5, 5.41) is 31.0. The van der Waals surface area contributed by atoms with Crippen LogP contribution in [0.15, 0.2) is 71.0 Å². The fourth-order valence-electron chi connectivity index (χ4n) is 4.48. The minimum Gasteiger partial charge on any atom is -0.490 e. The van der Waals surface area contributed by atoms with Crippen molar-refractivity contribution in [3.63, 3.8) is 0 Å². The summed E-state index contributed by atoms with van der Waals surface area (Å²) in [6.07, 6.45) is 0.166. The van der Waals surface area contributed by atoms with Gasteiger partial charge < -0.3 is 34.7 Å². The van der Waals surface area contributed by atoms with E-state index in [2.05, 4.69) is 21.2 Å². The first-order valence-electron chi connectivity index (χ1n) is 14.1. The number of carbonyl (C=O) groups excluding carboxylic acids is 2. The minimum absolute atomic E-state index is 0.0299. The lowest BCUT2D eigenvalue weighted by molar-refractivity contribution is -0.384. The molecule has 1 heterocycles. The highest BCUT2D eigenvalue weighted by Crippen LogP contribution is 2.36. The third-order valence-electron chi connectivity index (χ3n) is 6.66. The number of aliphatic hydroxyl groups excluding tert-OH is 1. The number of hydrazone groups is 1. The molecule has 4 rings (SSSR count). The van der Waals surface area contributed by atoms with E-state index >= 15 is 0 Å². The molecule has 0 saturated heterocycles. The number of rotatable bonds is 14. The molecule has 1 aliphatic rings. The predicted octanol–water partition coefficient (Wildman–Crippen LogP) is 5.00. The quantitative estimate of drug-likeness (QED) is 0.0591. The van der Waals surface area contributed by atoms with Crippen molar-refractivity contribution in [1.29, 1.82) is 0 Å². The van der Waals surface area contributed by atoms with Gasteiger partial charge in [-0.1, -0.05) is 29.3 Å². The molecular weight excluding hydrogens is 657 g/mol. The number of esters is 1. The Hall–Kier alpha value is -5.05. The molecule has 0 radical (unpaired) electrons. The molecule has 2 amide bonds. The highest BCUT2D eigenvalue weighted by atomic mass is 35.5. The smallest absolute Gasteiger partial charge is 0.337 e. The van der Waals surface area contributed by atoms with Gasteiger partial charge in [0, 0.05) is 17.8 Å². The minimum atomic E-state index is -1.23. The monoisotopic (exact) mass is 687 g/mol. The van der Waals surface area contributed by atoms with Crippen LogP contribution in [0.4, 0.5) is 10.5 Å². The molecule has 0 saturated carbocycles. The Morgan fingerprint density at radius 3 is 2.45 bits per heavy atom. The third-order valence-corrected chi connectivity index (χ3v) is 7.22. The number of benzene rings is 3. The van der Waals surface area contributed by atoms with Crippen molar-refractivity contribution >= 4 is 47.1 Å². The van der Waals surface area contributed by atoms with Crippen molar-refractivity contribution in [2.75, 3.05) is 20.3 Å². The van der Waals surface area contributed by atoms with E-state index in [4.69, 9.17) is 42.1 Å². The van der Waals surface area contributed by atoms with Gasteiger partial charge in [-0.25, -0.2) is 9.59 Å². The number of aliphatic hydroxyl groups is 1. The van der Waals surface area contributed by atoms with Gasteiger partial charge >= 0.3 is 12.0 Å². The molecular formula is C31H31Cl2N5O9. The highest BCUT2D eigenvalue weighted by molar-refractivity contribution is 6.37. The van der Waals surface area contributed by atoms with Gasteiger partial charge in [-0.15, -0.1) is 0 Å². The number of nitrogens with zero attached hydrogens (tertiary/aromatic N) is 2. The third kappa shape index (κ3) is 9.03. The van der Waals surface area contributed by atoms with Gasteiger partial charge in [0.15, 0.2) is 23.5 Å². The molecule has 14 nitrogen and oxygen atoms in total. The molecule has 248 valence electrons. The lowest BCUT2D eigenvalue weighted by atomic mass is 9.95. The van der Waals surface area contributed by atoms with Crippen LogP contribution < -0.4 is 30.3 Å². The fourth-order valence-corrected chi connectivity index (χ4v) is 5.09. The molecule has 47 heavy (non-hydrogen) atoms. The number of amides is 2. The van der Waals surface area contributed by atoms with Gasteiger partial charge in [0.05, 0.1) is 46.5 Å². The van der Waals surface area contributed by atoms with Crippen molar-refractivity contribution < 1.29 is 38.6 Å². The first-order valence-corrected chi connectivity index (χ1v) is 14.8. The number of nitro groups is 1. The van der Waals surface area contributed by atoms with Crippen LogP contribution in [-0.4, -0.2) is 54.8 Å². The Balaban J connectivity index is 1.36. The summed E-state index contributed by atoms with van der Waals surface area (Å²) in [5.41, 5.74) is 4.88. The van der Waals surface area contributed by atoms with Crippen LogP contribution in [0.2, 0.25) is 10.0 Å². The maximum absolute atomic E-state index is 12.4. The lowest BCUT2D eigenvalue weighted by Crippen LogP contribution is -2.45. The predicted molar refractivity (Wildman–Crippen MR) is 173 cm³/mol. The molecule has 4 N–H and O–H groups in total. The number of nitro benzene ring substituents is 1. The van der Waals surface area contributed by atoms with Crippen molar-refractivity contribution in [3.05, 3.63) is 103 Å². The summed E-state index contributed by atoms with van der Waals surface area (Å²) in [6, 6.07) is 12.7. The number of hydrogen-bond donors (Lipinski definition) is 4. The summed E-state index contributed by atoms with van der Waals surface area (Å²) in [7, 11) is 1.26. The number of nitrogens with one attached hydrogen (secondary N) is 3. The highest BCUT2D eigenvalue weighted by Gasteiger charge is 2.32. The molecule has 0 spiro atoms.